The molecule has 0 aromatic carbocycles. The Morgan fingerprint density at radius 3 is 2.14 bits per heavy atom. The second-order valence-electron chi connectivity index (χ2n) is 3.22. The first kappa shape index (κ1) is 11.2. The van der Waals surface area contributed by atoms with E-state index in [1.54, 1.807) is 0 Å². The summed E-state index contributed by atoms with van der Waals surface area (Å²) in [6.07, 6.45) is 1.23. The maximum Gasteiger partial charge on any atom is 0.211 e. The fourth-order valence-electron chi connectivity index (χ4n) is 1.38. The second kappa shape index (κ2) is 4.10. The smallest absolute Gasteiger partial charge is 0.211 e. The van der Waals surface area contributed by atoms with Crippen molar-refractivity contribution in [1.29, 1.82) is 0 Å². The molecular weight excluding hydrogens is 202 g/mol. The SMILES string of the molecule is C=NC(=C)N1CCN(S(C)(=O)=O)CC1. The predicted octanol–water partition coefficient (Wildman–Crippen LogP) is -0.265. The molecule has 1 heterocycles. The van der Waals surface area contributed by atoms with Gasteiger partial charge in [0.1, 0.15) is 5.82 Å². The van der Waals surface area contributed by atoms with E-state index in [0.29, 0.717) is 32.0 Å². The van der Waals surface area contributed by atoms with Crippen molar-refractivity contribution in [3.8, 4) is 0 Å². The number of rotatable bonds is 3. The van der Waals surface area contributed by atoms with Gasteiger partial charge >= 0.3 is 0 Å². The van der Waals surface area contributed by atoms with Crippen LogP contribution in [0.2, 0.25) is 0 Å². The van der Waals surface area contributed by atoms with Gasteiger partial charge in [-0.15, -0.1) is 0 Å². The van der Waals surface area contributed by atoms with Gasteiger partial charge in [0, 0.05) is 26.2 Å². The molecule has 0 aromatic heterocycles. The summed E-state index contributed by atoms with van der Waals surface area (Å²) in [7, 11) is -3.05. The highest BCUT2D eigenvalue weighted by Crippen LogP contribution is 2.10. The number of hydrogen-bond donors (Lipinski definition) is 0. The number of sulfonamides is 1. The van der Waals surface area contributed by atoms with E-state index in [9.17, 15) is 8.42 Å². The Labute approximate surface area is 84.8 Å². The molecule has 1 saturated heterocycles. The van der Waals surface area contributed by atoms with Gasteiger partial charge in [-0.2, -0.15) is 4.31 Å². The van der Waals surface area contributed by atoms with Crippen LogP contribution in [0.1, 0.15) is 0 Å². The molecule has 1 fully saturated rings. The van der Waals surface area contributed by atoms with Gasteiger partial charge in [-0.1, -0.05) is 6.58 Å². The number of hydrogen-bond acceptors (Lipinski definition) is 4. The molecule has 0 unspecified atom stereocenters. The molecule has 80 valence electrons. The molecule has 1 rings (SSSR count). The Morgan fingerprint density at radius 1 is 1.29 bits per heavy atom. The summed E-state index contributed by atoms with van der Waals surface area (Å²) in [5.41, 5.74) is 0. The third-order valence-electron chi connectivity index (χ3n) is 2.26. The highest BCUT2D eigenvalue weighted by molar-refractivity contribution is 7.88. The van der Waals surface area contributed by atoms with E-state index in [1.807, 2.05) is 4.90 Å². The number of nitrogens with zero attached hydrogens (tertiary/aromatic N) is 3. The second-order valence-corrected chi connectivity index (χ2v) is 5.21. The maximum absolute atomic E-state index is 11.2. The highest BCUT2D eigenvalue weighted by atomic mass is 32.2. The quantitative estimate of drug-likeness (QED) is 0.612. The average molecular weight is 217 g/mol. The summed E-state index contributed by atoms with van der Waals surface area (Å²) < 4.78 is 23.8. The topological polar surface area (TPSA) is 53.0 Å². The van der Waals surface area contributed by atoms with Gasteiger partial charge in [0.2, 0.25) is 10.0 Å². The molecule has 0 atom stereocenters. The van der Waals surface area contributed by atoms with Crippen LogP contribution in [-0.4, -0.2) is 56.8 Å². The monoisotopic (exact) mass is 217 g/mol. The largest absolute Gasteiger partial charge is 0.354 e. The van der Waals surface area contributed by atoms with E-state index >= 15 is 0 Å². The van der Waals surface area contributed by atoms with Gasteiger partial charge in [-0.25, -0.2) is 13.4 Å². The Hall–Kier alpha value is -0.880. The lowest BCUT2D eigenvalue weighted by Crippen LogP contribution is -2.47. The van der Waals surface area contributed by atoms with Crippen LogP contribution in [-0.2, 0) is 10.0 Å². The molecule has 0 aromatic rings. The van der Waals surface area contributed by atoms with Gasteiger partial charge in [0.15, 0.2) is 0 Å². The Balaban J connectivity index is 2.55. The van der Waals surface area contributed by atoms with E-state index in [1.165, 1.54) is 10.6 Å². The molecule has 0 radical (unpaired) electrons. The molecule has 14 heavy (non-hydrogen) atoms. The van der Waals surface area contributed by atoms with E-state index in [-0.39, 0.29) is 0 Å². The van der Waals surface area contributed by atoms with Crippen molar-refractivity contribution in [3.05, 3.63) is 12.4 Å². The van der Waals surface area contributed by atoms with Crippen LogP contribution in [0.25, 0.3) is 0 Å². The van der Waals surface area contributed by atoms with Gasteiger partial charge in [-0.05, 0) is 6.72 Å². The molecule has 0 aliphatic carbocycles. The minimum atomic E-state index is -3.05. The van der Waals surface area contributed by atoms with Crippen molar-refractivity contribution in [2.45, 2.75) is 0 Å². The minimum Gasteiger partial charge on any atom is -0.354 e. The lowest BCUT2D eigenvalue weighted by Gasteiger charge is -2.34. The van der Waals surface area contributed by atoms with E-state index < -0.39 is 10.0 Å². The lowest BCUT2D eigenvalue weighted by atomic mass is 10.4. The molecule has 1 aliphatic heterocycles. The molecule has 0 saturated carbocycles. The zero-order chi connectivity index (χ0) is 10.8. The zero-order valence-electron chi connectivity index (χ0n) is 8.31. The molecule has 0 amide bonds. The van der Waals surface area contributed by atoms with Crippen molar-refractivity contribution in [1.82, 2.24) is 9.21 Å². The van der Waals surface area contributed by atoms with E-state index in [4.69, 9.17) is 0 Å². The van der Waals surface area contributed by atoms with Crippen molar-refractivity contribution >= 4 is 16.7 Å². The van der Waals surface area contributed by atoms with Gasteiger partial charge in [0.25, 0.3) is 0 Å². The van der Waals surface area contributed by atoms with Crippen LogP contribution < -0.4 is 0 Å². The fourth-order valence-corrected chi connectivity index (χ4v) is 2.20. The molecule has 1 aliphatic rings. The molecule has 0 N–H and O–H groups in total. The van der Waals surface area contributed by atoms with Crippen molar-refractivity contribution in [2.24, 2.45) is 4.99 Å². The van der Waals surface area contributed by atoms with Crippen LogP contribution in [0.4, 0.5) is 0 Å². The van der Waals surface area contributed by atoms with Gasteiger partial charge < -0.3 is 4.90 Å². The first-order valence-electron chi connectivity index (χ1n) is 4.31. The van der Waals surface area contributed by atoms with Crippen molar-refractivity contribution < 1.29 is 8.42 Å². The van der Waals surface area contributed by atoms with Crippen LogP contribution in [0, 0.1) is 0 Å². The summed E-state index contributed by atoms with van der Waals surface area (Å²) >= 11 is 0. The third kappa shape index (κ3) is 2.55. The summed E-state index contributed by atoms with van der Waals surface area (Å²) in [4.78, 5) is 5.64. The Bertz CT molecular complexity index is 328. The maximum atomic E-state index is 11.2. The van der Waals surface area contributed by atoms with Crippen LogP contribution in [0.3, 0.4) is 0 Å². The van der Waals surface area contributed by atoms with E-state index in [0.717, 1.165) is 0 Å². The highest BCUT2D eigenvalue weighted by Gasteiger charge is 2.23. The van der Waals surface area contributed by atoms with Gasteiger partial charge in [-0.3, -0.25) is 0 Å². The Kier molecular flexibility index (Phi) is 3.28. The zero-order valence-corrected chi connectivity index (χ0v) is 9.13. The van der Waals surface area contributed by atoms with Crippen molar-refractivity contribution in [2.75, 3.05) is 32.4 Å². The predicted molar refractivity (Wildman–Crippen MR) is 56.7 cm³/mol. The summed E-state index contributed by atoms with van der Waals surface area (Å²) in [5.74, 6) is 0.609. The first-order chi connectivity index (χ1) is 6.45. The lowest BCUT2D eigenvalue weighted by molar-refractivity contribution is 0.229. The fraction of sp³-hybridized carbons (Fsp3) is 0.625. The van der Waals surface area contributed by atoms with Crippen molar-refractivity contribution in [3.63, 3.8) is 0 Å². The average Bonchev–Trinajstić information content (AvgIpc) is 2.15. The third-order valence-corrected chi connectivity index (χ3v) is 3.56. The minimum absolute atomic E-state index is 0.493. The number of piperazine rings is 1. The molecule has 5 nitrogen and oxygen atoms in total. The summed E-state index contributed by atoms with van der Waals surface area (Å²) in [6.45, 7) is 9.34. The Morgan fingerprint density at radius 2 is 1.79 bits per heavy atom. The standard InChI is InChI=1S/C8H15N3O2S/c1-8(9-2)10-4-6-11(7-5-10)14(3,12)13/h1-2,4-7H2,3H3. The summed E-state index contributed by atoms with van der Waals surface area (Å²) in [6, 6.07) is 0. The molecular formula is C8H15N3O2S. The van der Waals surface area contributed by atoms with Gasteiger partial charge in [0.05, 0.1) is 6.26 Å². The van der Waals surface area contributed by atoms with Crippen LogP contribution in [0.15, 0.2) is 17.4 Å². The molecule has 6 heteroatoms. The van der Waals surface area contributed by atoms with Crippen LogP contribution in [0.5, 0.6) is 0 Å². The number of aliphatic imine (C=N–C) groups is 1. The summed E-state index contributed by atoms with van der Waals surface area (Å²) in [5, 5.41) is 0. The molecule has 0 spiro atoms. The van der Waals surface area contributed by atoms with Crippen LogP contribution >= 0.6 is 0 Å². The molecule has 0 bridgehead atoms. The normalized spacial score (nSPS) is 19.4. The first-order valence-corrected chi connectivity index (χ1v) is 6.15. The van der Waals surface area contributed by atoms with E-state index in [2.05, 4.69) is 18.3 Å².